The Morgan fingerprint density at radius 1 is 1.30 bits per heavy atom. The van der Waals surface area contributed by atoms with E-state index >= 15 is 0 Å². The molecule has 2 N–H and O–H groups in total. The van der Waals surface area contributed by atoms with Crippen molar-refractivity contribution < 1.29 is 19.4 Å². The van der Waals surface area contributed by atoms with Gasteiger partial charge in [0.25, 0.3) is 0 Å². The van der Waals surface area contributed by atoms with Crippen LogP contribution in [-0.2, 0) is 14.3 Å². The molecule has 0 aromatic carbocycles. The average Bonchev–Trinajstić information content (AvgIpc) is 2.45. The van der Waals surface area contributed by atoms with Gasteiger partial charge >= 0.3 is 5.97 Å². The van der Waals surface area contributed by atoms with E-state index in [0.29, 0.717) is 6.54 Å². The number of rotatable bonds is 9. The second-order valence-electron chi connectivity index (χ2n) is 4.90. The van der Waals surface area contributed by atoms with E-state index in [9.17, 15) is 9.59 Å². The fourth-order valence-electron chi connectivity index (χ4n) is 2.15. The van der Waals surface area contributed by atoms with Crippen LogP contribution in [0, 0.1) is 0 Å². The van der Waals surface area contributed by atoms with Crippen molar-refractivity contribution in [3.63, 3.8) is 0 Å². The first-order valence-electron chi connectivity index (χ1n) is 7.06. The second kappa shape index (κ2) is 9.68. The van der Waals surface area contributed by atoms with Crippen LogP contribution in [-0.4, -0.2) is 86.3 Å². The van der Waals surface area contributed by atoms with Gasteiger partial charge in [0, 0.05) is 26.7 Å². The van der Waals surface area contributed by atoms with E-state index in [1.165, 1.54) is 0 Å². The molecule has 1 saturated heterocycles. The summed E-state index contributed by atoms with van der Waals surface area (Å²) in [5.74, 6) is -0.915. The zero-order valence-electron chi connectivity index (χ0n) is 12.1. The van der Waals surface area contributed by atoms with Crippen LogP contribution in [0.2, 0.25) is 0 Å². The quantitative estimate of drug-likeness (QED) is 0.579. The number of aliphatic carboxylic acids is 1. The van der Waals surface area contributed by atoms with E-state index in [2.05, 4.69) is 10.2 Å². The largest absolute Gasteiger partial charge is 0.481 e. The van der Waals surface area contributed by atoms with Crippen molar-refractivity contribution in [2.75, 3.05) is 59.5 Å². The lowest BCUT2D eigenvalue weighted by Crippen LogP contribution is -2.40. The monoisotopic (exact) mass is 287 g/mol. The molecule has 1 heterocycles. The topological polar surface area (TPSA) is 82.1 Å². The van der Waals surface area contributed by atoms with Crippen LogP contribution in [0.4, 0.5) is 0 Å². The minimum Gasteiger partial charge on any atom is -0.481 e. The van der Waals surface area contributed by atoms with E-state index in [0.717, 1.165) is 45.8 Å². The molecule has 1 aliphatic rings. The highest BCUT2D eigenvalue weighted by atomic mass is 16.5. The van der Waals surface area contributed by atoms with Gasteiger partial charge in [-0.05, 0) is 19.5 Å². The lowest BCUT2D eigenvalue weighted by atomic mass is 10.3. The Morgan fingerprint density at radius 3 is 2.60 bits per heavy atom. The maximum absolute atomic E-state index is 11.4. The van der Waals surface area contributed by atoms with Gasteiger partial charge in [0.2, 0.25) is 5.91 Å². The zero-order chi connectivity index (χ0) is 14.8. The van der Waals surface area contributed by atoms with Crippen LogP contribution in [0.15, 0.2) is 0 Å². The Kier molecular flexibility index (Phi) is 8.17. The molecular weight excluding hydrogens is 262 g/mol. The van der Waals surface area contributed by atoms with Gasteiger partial charge in [0.05, 0.1) is 26.2 Å². The molecule has 0 bridgehead atoms. The summed E-state index contributed by atoms with van der Waals surface area (Å²) in [5, 5.41) is 11.3. The van der Waals surface area contributed by atoms with Gasteiger partial charge in [0.15, 0.2) is 0 Å². The fourth-order valence-corrected chi connectivity index (χ4v) is 2.15. The van der Waals surface area contributed by atoms with E-state index in [1.807, 2.05) is 4.90 Å². The average molecular weight is 287 g/mol. The first-order valence-corrected chi connectivity index (χ1v) is 7.06. The molecule has 0 radical (unpaired) electrons. The molecule has 7 heteroatoms. The molecule has 20 heavy (non-hydrogen) atoms. The molecule has 0 aromatic rings. The van der Waals surface area contributed by atoms with Crippen molar-refractivity contribution in [1.82, 2.24) is 15.1 Å². The molecule has 1 amide bonds. The first kappa shape index (κ1) is 16.9. The summed E-state index contributed by atoms with van der Waals surface area (Å²) < 4.78 is 5.29. The first-order chi connectivity index (χ1) is 9.61. The third kappa shape index (κ3) is 7.42. The number of amides is 1. The second-order valence-corrected chi connectivity index (χ2v) is 4.90. The number of morpholine rings is 1. The molecule has 0 saturated carbocycles. The summed E-state index contributed by atoms with van der Waals surface area (Å²) >= 11 is 0. The van der Waals surface area contributed by atoms with E-state index < -0.39 is 5.97 Å². The van der Waals surface area contributed by atoms with Crippen LogP contribution in [0.1, 0.15) is 12.8 Å². The van der Waals surface area contributed by atoms with Crippen LogP contribution in [0.5, 0.6) is 0 Å². The SMILES string of the molecule is CNC(=O)CN(CCCN1CCOCC1)CCC(=O)O. The summed E-state index contributed by atoms with van der Waals surface area (Å²) in [6, 6.07) is 0. The number of likely N-dealkylation sites (N-methyl/N-ethyl adjacent to an activating group) is 1. The van der Waals surface area contributed by atoms with E-state index in [-0.39, 0.29) is 18.9 Å². The minimum atomic E-state index is -0.833. The zero-order valence-corrected chi connectivity index (χ0v) is 12.1. The van der Waals surface area contributed by atoms with Gasteiger partial charge in [-0.25, -0.2) is 0 Å². The number of hydrogen-bond acceptors (Lipinski definition) is 5. The Balaban J connectivity index is 2.26. The lowest BCUT2D eigenvalue weighted by molar-refractivity contribution is -0.137. The summed E-state index contributed by atoms with van der Waals surface area (Å²) in [6.07, 6.45) is 0.991. The molecule has 1 aliphatic heterocycles. The maximum Gasteiger partial charge on any atom is 0.304 e. The molecule has 0 unspecified atom stereocenters. The van der Waals surface area contributed by atoms with Crippen LogP contribution < -0.4 is 5.32 Å². The summed E-state index contributed by atoms with van der Waals surface area (Å²) in [4.78, 5) is 26.3. The maximum atomic E-state index is 11.4. The number of nitrogens with zero attached hydrogens (tertiary/aromatic N) is 2. The number of carboxylic acid groups (broad SMARTS) is 1. The highest BCUT2D eigenvalue weighted by molar-refractivity contribution is 5.77. The standard InChI is InChI=1S/C13H25N3O4/c1-14-12(17)11-16(6-3-13(18)19)5-2-4-15-7-9-20-10-8-15/h2-11H2,1H3,(H,14,17)(H,18,19). The third-order valence-corrected chi connectivity index (χ3v) is 3.34. The Bertz CT molecular complexity index is 306. The van der Waals surface area contributed by atoms with Crippen molar-refractivity contribution in [3.05, 3.63) is 0 Å². The van der Waals surface area contributed by atoms with Crippen LogP contribution >= 0.6 is 0 Å². The molecule has 1 rings (SSSR count). The molecule has 0 aromatic heterocycles. The number of carboxylic acids is 1. The normalized spacial score (nSPS) is 16.3. The molecule has 0 aliphatic carbocycles. The van der Waals surface area contributed by atoms with Gasteiger partial charge in [-0.1, -0.05) is 0 Å². The molecule has 0 spiro atoms. The molecular formula is C13H25N3O4. The van der Waals surface area contributed by atoms with E-state index in [4.69, 9.17) is 9.84 Å². The highest BCUT2D eigenvalue weighted by Crippen LogP contribution is 2.00. The van der Waals surface area contributed by atoms with Gasteiger partial charge in [0.1, 0.15) is 0 Å². The lowest BCUT2D eigenvalue weighted by Gasteiger charge is -2.28. The van der Waals surface area contributed by atoms with E-state index in [1.54, 1.807) is 7.05 Å². The highest BCUT2D eigenvalue weighted by Gasteiger charge is 2.13. The number of nitrogens with one attached hydrogen (secondary N) is 1. The third-order valence-electron chi connectivity index (χ3n) is 3.34. The van der Waals surface area contributed by atoms with Crippen molar-refractivity contribution in [3.8, 4) is 0 Å². The predicted octanol–water partition coefficient (Wildman–Crippen LogP) is -0.769. The van der Waals surface area contributed by atoms with Crippen molar-refractivity contribution in [1.29, 1.82) is 0 Å². The van der Waals surface area contributed by atoms with Crippen molar-refractivity contribution >= 4 is 11.9 Å². The van der Waals surface area contributed by atoms with Gasteiger partial charge < -0.3 is 15.2 Å². The van der Waals surface area contributed by atoms with Gasteiger partial charge in [-0.2, -0.15) is 0 Å². The van der Waals surface area contributed by atoms with Gasteiger partial charge in [-0.15, -0.1) is 0 Å². The van der Waals surface area contributed by atoms with Crippen molar-refractivity contribution in [2.45, 2.75) is 12.8 Å². The Hall–Kier alpha value is -1.18. The summed E-state index contributed by atoms with van der Waals surface area (Å²) in [6.45, 7) is 5.81. The predicted molar refractivity (Wildman–Crippen MR) is 74.6 cm³/mol. The number of carbonyl (C=O) groups is 2. The smallest absolute Gasteiger partial charge is 0.304 e. The number of hydrogen-bond donors (Lipinski definition) is 2. The Labute approximate surface area is 119 Å². The minimum absolute atomic E-state index is 0.0640. The number of carbonyl (C=O) groups excluding carboxylic acids is 1. The molecule has 0 atom stereocenters. The van der Waals surface area contributed by atoms with Gasteiger partial charge in [-0.3, -0.25) is 19.4 Å². The van der Waals surface area contributed by atoms with Crippen LogP contribution in [0.25, 0.3) is 0 Å². The van der Waals surface area contributed by atoms with Crippen molar-refractivity contribution in [2.24, 2.45) is 0 Å². The summed E-state index contributed by atoms with van der Waals surface area (Å²) in [7, 11) is 1.59. The molecule has 116 valence electrons. The molecule has 1 fully saturated rings. The molecule has 7 nitrogen and oxygen atoms in total. The fraction of sp³-hybridized carbons (Fsp3) is 0.846. The number of ether oxygens (including phenoxy) is 1. The summed E-state index contributed by atoms with van der Waals surface area (Å²) in [5.41, 5.74) is 0. The van der Waals surface area contributed by atoms with Crippen LogP contribution in [0.3, 0.4) is 0 Å². The Morgan fingerprint density at radius 2 is 2.00 bits per heavy atom.